The van der Waals surface area contributed by atoms with Crippen molar-refractivity contribution in [2.45, 2.75) is 49.0 Å². The van der Waals surface area contributed by atoms with Crippen LogP contribution in [0.4, 0.5) is 3.89 Å². The zero-order valence-electron chi connectivity index (χ0n) is 12.3. The number of carbonyl (C=O) groups excluding carboxylic acids is 1. The highest BCUT2D eigenvalue weighted by Crippen LogP contribution is 2.35. The molecule has 1 aliphatic carbocycles. The monoisotopic (exact) mass is 325 g/mol. The van der Waals surface area contributed by atoms with Gasteiger partial charge in [0, 0.05) is 12.0 Å². The van der Waals surface area contributed by atoms with Crippen LogP contribution >= 0.6 is 0 Å². The van der Waals surface area contributed by atoms with Crippen molar-refractivity contribution >= 4 is 16.1 Å². The molecule has 1 aromatic carbocycles. The van der Waals surface area contributed by atoms with Crippen molar-refractivity contribution in [1.29, 1.82) is 0 Å². The molecule has 1 aromatic rings. The predicted molar refractivity (Wildman–Crippen MR) is 82.6 cm³/mol. The van der Waals surface area contributed by atoms with Crippen LogP contribution in [0.3, 0.4) is 0 Å². The average Bonchev–Trinajstić information content (AvgIpc) is 2.42. The summed E-state index contributed by atoms with van der Waals surface area (Å²) in [7, 11) is -4.67. The molecule has 1 fully saturated rings. The van der Waals surface area contributed by atoms with Gasteiger partial charge >= 0.3 is 10.2 Å². The zero-order valence-corrected chi connectivity index (χ0v) is 13.2. The van der Waals surface area contributed by atoms with Gasteiger partial charge in [0.2, 0.25) is 5.91 Å². The van der Waals surface area contributed by atoms with Crippen LogP contribution in [0, 0.1) is 0 Å². The first kappa shape index (κ1) is 16.7. The van der Waals surface area contributed by atoms with Gasteiger partial charge in [-0.1, -0.05) is 18.2 Å². The van der Waals surface area contributed by atoms with E-state index in [9.17, 15) is 17.1 Å². The molecule has 0 atom stereocenters. The van der Waals surface area contributed by atoms with Gasteiger partial charge in [-0.15, -0.1) is 10.5 Å². The Morgan fingerprint density at radius 1 is 1.32 bits per heavy atom. The van der Waals surface area contributed by atoms with E-state index in [0.29, 0.717) is 12.8 Å². The Bertz CT molecular complexity index is 648. The lowest BCUT2D eigenvalue weighted by molar-refractivity contribution is -0.124. The average molecular weight is 325 g/mol. The summed E-state index contributed by atoms with van der Waals surface area (Å²) >= 11 is 0. The Hall–Kier alpha value is -1.69. The second-order valence-corrected chi connectivity index (χ2v) is 7.10. The van der Waals surface area contributed by atoms with E-state index >= 15 is 0 Å². The molecule has 1 saturated carbocycles. The molecule has 120 valence electrons. The van der Waals surface area contributed by atoms with Gasteiger partial charge in [0.05, 0.1) is 4.90 Å². The van der Waals surface area contributed by atoms with E-state index in [1.165, 1.54) is 24.3 Å². The number of nitrogens with one attached hydrogen (secondary N) is 1. The third-order valence-electron chi connectivity index (χ3n) is 4.10. The molecule has 1 amide bonds. The van der Waals surface area contributed by atoms with Crippen molar-refractivity contribution in [2.75, 3.05) is 0 Å². The van der Waals surface area contributed by atoms with Gasteiger partial charge in [-0.2, -0.15) is 8.42 Å². The summed E-state index contributed by atoms with van der Waals surface area (Å²) in [4.78, 5) is 11.7. The van der Waals surface area contributed by atoms with Crippen molar-refractivity contribution in [3.8, 4) is 0 Å². The molecule has 0 radical (unpaired) electrons. The molecule has 0 aliphatic heterocycles. The van der Waals surface area contributed by atoms with Crippen molar-refractivity contribution < 1.29 is 17.1 Å². The maximum absolute atomic E-state index is 12.8. The lowest BCUT2D eigenvalue weighted by Gasteiger charge is -2.42. The third kappa shape index (κ3) is 4.16. The molecule has 4 nitrogen and oxygen atoms in total. The molecular weight excluding hydrogens is 305 g/mol. The third-order valence-corrected chi connectivity index (χ3v) is 4.93. The molecule has 0 heterocycles. The van der Waals surface area contributed by atoms with Gasteiger partial charge in [-0.05, 0) is 49.8 Å². The van der Waals surface area contributed by atoms with E-state index in [1.807, 2.05) is 6.08 Å². The van der Waals surface area contributed by atoms with Crippen molar-refractivity contribution in [2.24, 2.45) is 0 Å². The molecule has 0 aromatic heterocycles. The second-order valence-electron chi connectivity index (χ2n) is 5.76. The Morgan fingerprint density at radius 2 is 1.95 bits per heavy atom. The number of rotatable bonds is 7. The number of benzene rings is 1. The summed E-state index contributed by atoms with van der Waals surface area (Å²) in [5.74, 6) is -0.0243. The number of aryl methyl sites for hydroxylation is 1. The van der Waals surface area contributed by atoms with Crippen LogP contribution in [0.1, 0.15) is 37.7 Å². The largest absolute Gasteiger partial charge is 0.350 e. The normalized spacial score (nSPS) is 16.6. The molecule has 2 rings (SSSR count). The highest BCUT2D eigenvalue weighted by molar-refractivity contribution is 7.86. The molecule has 1 aliphatic rings. The first-order chi connectivity index (χ1) is 10.3. The molecule has 0 saturated heterocycles. The fraction of sp³-hybridized carbons (Fsp3) is 0.438. The van der Waals surface area contributed by atoms with Crippen LogP contribution in [-0.2, 0) is 21.4 Å². The SMILES string of the molecule is C=CCC1(NC(=O)CCc2ccc(S(=O)(=O)F)cc2)CCC1. The molecule has 6 heteroatoms. The van der Waals surface area contributed by atoms with Crippen LogP contribution in [0.25, 0.3) is 0 Å². The first-order valence-electron chi connectivity index (χ1n) is 7.30. The van der Waals surface area contributed by atoms with Crippen LogP contribution in [-0.4, -0.2) is 19.9 Å². The topological polar surface area (TPSA) is 63.2 Å². The van der Waals surface area contributed by atoms with Crippen molar-refractivity contribution in [3.05, 3.63) is 42.5 Å². The fourth-order valence-corrected chi connectivity index (χ4v) is 3.16. The summed E-state index contributed by atoms with van der Waals surface area (Å²) in [5, 5.41) is 3.07. The Morgan fingerprint density at radius 3 is 2.41 bits per heavy atom. The van der Waals surface area contributed by atoms with Gasteiger partial charge in [-0.3, -0.25) is 4.79 Å². The quantitative estimate of drug-likeness (QED) is 0.619. The Kier molecular flexibility index (Phi) is 5.01. The highest BCUT2D eigenvalue weighted by atomic mass is 32.3. The molecular formula is C16H20FNO3S. The molecule has 0 bridgehead atoms. The predicted octanol–water partition coefficient (Wildman–Crippen LogP) is 2.89. The van der Waals surface area contributed by atoms with E-state index in [4.69, 9.17) is 0 Å². The summed E-state index contributed by atoms with van der Waals surface area (Å²) in [6, 6.07) is 5.49. The summed E-state index contributed by atoms with van der Waals surface area (Å²) in [6.07, 6.45) is 6.50. The Balaban J connectivity index is 1.87. The lowest BCUT2D eigenvalue weighted by Crippen LogP contribution is -2.53. The van der Waals surface area contributed by atoms with E-state index in [1.54, 1.807) is 0 Å². The molecule has 0 unspecified atom stereocenters. The van der Waals surface area contributed by atoms with Crippen LogP contribution < -0.4 is 5.32 Å². The van der Waals surface area contributed by atoms with Gasteiger partial charge < -0.3 is 5.32 Å². The maximum Gasteiger partial charge on any atom is 0.332 e. The van der Waals surface area contributed by atoms with E-state index in [2.05, 4.69) is 11.9 Å². The lowest BCUT2D eigenvalue weighted by atomic mass is 9.74. The van der Waals surface area contributed by atoms with Gasteiger partial charge in [-0.25, -0.2) is 0 Å². The maximum atomic E-state index is 12.8. The van der Waals surface area contributed by atoms with Gasteiger partial charge in [0.1, 0.15) is 0 Å². The van der Waals surface area contributed by atoms with E-state index < -0.39 is 10.2 Å². The van der Waals surface area contributed by atoms with Gasteiger partial charge in [0.25, 0.3) is 0 Å². The fourth-order valence-electron chi connectivity index (χ4n) is 2.69. The Labute approximate surface area is 130 Å². The van der Waals surface area contributed by atoms with Crippen molar-refractivity contribution in [3.63, 3.8) is 0 Å². The zero-order chi connectivity index (χ0) is 16.2. The smallest absolute Gasteiger partial charge is 0.332 e. The molecule has 22 heavy (non-hydrogen) atoms. The van der Waals surface area contributed by atoms with Crippen LogP contribution in [0.5, 0.6) is 0 Å². The van der Waals surface area contributed by atoms with Crippen LogP contribution in [0.15, 0.2) is 41.8 Å². The number of carbonyl (C=O) groups is 1. The summed E-state index contributed by atoms with van der Waals surface area (Å²) in [6.45, 7) is 3.73. The molecule has 1 N–H and O–H groups in total. The summed E-state index contributed by atoms with van der Waals surface area (Å²) in [5.41, 5.74) is 0.680. The number of hydrogen-bond donors (Lipinski definition) is 1. The first-order valence-corrected chi connectivity index (χ1v) is 8.69. The minimum Gasteiger partial charge on any atom is -0.350 e. The number of amides is 1. The standard InChI is InChI=1S/C16H20FNO3S/c1-2-10-16(11-3-12-16)18-15(19)9-6-13-4-7-14(8-5-13)22(17,20)21/h2,4-5,7-8H,1,3,6,9-12H2,(H,18,19). The van der Waals surface area contributed by atoms with E-state index in [0.717, 1.165) is 31.2 Å². The minimum absolute atomic E-state index is 0.0243. The highest BCUT2D eigenvalue weighted by Gasteiger charge is 2.36. The molecule has 0 spiro atoms. The minimum atomic E-state index is -4.67. The number of hydrogen-bond acceptors (Lipinski definition) is 3. The second kappa shape index (κ2) is 6.60. The van der Waals surface area contributed by atoms with E-state index in [-0.39, 0.29) is 16.3 Å². The summed E-state index contributed by atoms with van der Waals surface area (Å²) < 4.78 is 34.2. The number of halogens is 1. The van der Waals surface area contributed by atoms with Gasteiger partial charge in [0.15, 0.2) is 0 Å². The van der Waals surface area contributed by atoms with Crippen molar-refractivity contribution in [1.82, 2.24) is 5.32 Å². The van der Waals surface area contributed by atoms with Crippen LogP contribution in [0.2, 0.25) is 0 Å².